The number of carbonyl (C=O) groups excluding carboxylic acids is 3. The molecule has 1 unspecified atom stereocenters. The molecule has 8 heteroatoms. The summed E-state index contributed by atoms with van der Waals surface area (Å²) in [6.45, 7) is 5.57. The molecule has 32 heavy (non-hydrogen) atoms. The minimum absolute atomic E-state index is 0.226. The highest BCUT2D eigenvalue weighted by molar-refractivity contribution is 6.04. The van der Waals surface area contributed by atoms with Crippen molar-refractivity contribution < 1.29 is 19.2 Å². The van der Waals surface area contributed by atoms with Crippen LogP contribution < -0.4 is 11.1 Å². The summed E-state index contributed by atoms with van der Waals surface area (Å²) in [6, 6.07) is 6.55. The maximum absolute atomic E-state index is 12.7. The van der Waals surface area contributed by atoms with E-state index in [1.54, 1.807) is 38.1 Å². The van der Waals surface area contributed by atoms with Gasteiger partial charge in [0.1, 0.15) is 6.04 Å². The highest BCUT2D eigenvalue weighted by Gasteiger charge is 2.53. The largest absolute Gasteiger partial charge is 0.387 e. The molecule has 2 aliphatic rings. The third-order valence-corrected chi connectivity index (χ3v) is 5.61. The van der Waals surface area contributed by atoms with E-state index in [4.69, 9.17) is 10.6 Å². The SMILES string of the molecule is C/C=C/C=C\C(=O)Nc1cccc(C2=NOC3(C2)C[C@@H](C(N)=O)N(C(=O)/C(C)=C/C)C3)c1. The summed E-state index contributed by atoms with van der Waals surface area (Å²) in [7, 11) is 0. The van der Waals surface area contributed by atoms with Crippen LogP contribution in [0.5, 0.6) is 0 Å². The normalized spacial score (nSPS) is 23.1. The molecule has 2 aliphatic heterocycles. The van der Waals surface area contributed by atoms with Gasteiger partial charge in [0.2, 0.25) is 17.7 Å². The van der Waals surface area contributed by atoms with Crippen molar-refractivity contribution in [1.82, 2.24) is 4.90 Å². The van der Waals surface area contributed by atoms with Gasteiger partial charge in [-0.25, -0.2) is 0 Å². The van der Waals surface area contributed by atoms with Gasteiger partial charge in [-0.15, -0.1) is 0 Å². The summed E-state index contributed by atoms with van der Waals surface area (Å²) in [5, 5.41) is 7.06. The van der Waals surface area contributed by atoms with Gasteiger partial charge in [0.25, 0.3) is 0 Å². The summed E-state index contributed by atoms with van der Waals surface area (Å²) in [5.74, 6) is -1.04. The Balaban J connectivity index is 1.74. The minimum Gasteiger partial charge on any atom is -0.387 e. The lowest BCUT2D eigenvalue weighted by Gasteiger charge is -2.23. The molecule has 0 aliphatic carbocycles. The highest BCUT2D eigenvalue weighted by atomic mass is 16.7. The fourth-order valence-electron chi connectivity index (χ4n) is 3.85. The Labute approximate surface area is 187 Å². The van der Waals surface area contributed by atoms with Crippen molar-refractivity contribution in [3.8, 4) is 0 Å². The van der Waals surface area contributed by atoms with E-state index in [1.807, 2.05) is 31.2 Å². The van der Waals surface area contributed by atoms with E-state index >= 15 is 0 Å². The Kier molecular flexibility index (Phi) is 6.92. The third kappa shape index (κ3) is 4.96. The first-order valence-electron chi connectivity index (χ1n) is 10.5. The molecule has 1 saturated heterocycles. The average Bonchev–Trinajstić information content (AvgIpc) is 3.37. The summed E-state index contributed by atoms with van der Waals surface area (Å²) >= 11 is 0. The van der Waals surface area contributed by atoms with Crippen LogP contribution in [0.1, 0.15) is 39.2 Å². The van der Waals surface area contributed by atoms with Crippen molar-refractivity contribution in [1.29, 1.82) is 0 Å². The number of allylic oxidation sites excluding steroid dienone is 4. The van der Waals surface area contributed by atoms with Crippen molar-refractivity contribution in [2.75, 3.05) is 11.9 Å². The molecule has 168 valence electrons. The van der Waals surface area contributed by atoms with E-state index in [-0.39, 0.29) is 24.8 Å². The lowest BCUT2D eigenvalue weighted by atomic mass is 9.91. The third-order valence-electron chi connectivity index (χ3n) is 5.61. The molecule has 2 heterocycles. The molecule has 1 fully saturated rings. The van der Waals surface area contributed by atoms with Crippen LogP contribution in [0, 0.1) is 0 Å². The maximum Gasteiger partial charge on any atom is 0.249 e. The van der Waals surface area contributed by atoms with Crippen LogP contribution in [0.25, 0.3) is 0 Å². The minimum atomic E-state index is -0.798. The number of nitrogens with zero attached hydrogens (tertiary/aromatic N) is 2. The first-order chi connectivity index (χ1) is 15.3. The van der Waals surface area contributed by atoms with Crippen molar-refractivity contribution in [2.45, 2.75) is 45.3 Å². The Morgan fingerprint density at radius 3 is 2.75 bits per heavy atom. The number of hydrogen-bond donors (Lipinski definition) is 2. The quantitative estimate of drug-likeness (QED) is 0.527. The Morgan fingerprint density at radius 2 is 2.06 bits per heavy atom. The van der Waals surface area contributed by atoms with Gasteiger partial charge in [0, 0.05) is 35.7 Å². The molecule has 0 radical (unpaired) electrons. The number of hydrogen-bond acceptors (Lipinski definition) is 5. The number of anilines is 1. The molecule has 3 rings (SSSR count). The molecule has 1 aromatic rings. The van der Waals surface area contributed by atoms with E-state index in [0.717, 1.165) is 5.56 Å². The fraction of sp³-hybridized carbons (Fsp3) is 0.333. The van der Waals surface area contributed by atoms with Gasteiger partial charge < -0.3 is 20.8 Å². The van der Waals surface area contributed by atoms with Crippen LogP contribution >= 0.6 is 0 Å². The van der Waals surface area contributed by atoms with Gasteiger partial charge in [0.15, 0.2) is 5.60 Å². The van der Waals surface area contributed by atoms with Crippen molar-refractivity contribution in [3.05, 3.63) is 65.8 Å². The predicted molar refractivity (Wildman–Crippen MR) is 123 cm³/mol. The summed E-state index contributed by atoms with van der Waals surface area (Å²) in [5.41, 5.74) is 7.43. The molecule has 0 saturated carbocycles. The topological polar surface area (TPSA) is 114 Å². The van der Waals surface area contributed by atoms with Gasteiger partial charge in [-0.05, 0) is 32.9 Å². The second-order valence-corrected chi connectivity index (χ2v) is 7.97. The number of primary amides is 1. The van der Waals surface area contributed by atoms with E-state index in [1.165, 1.54) is 11.0 Å². The number of nitrogens with one attached hydrogen (secondary N) is 1. The highest BCUT2D eigenvalue weighted by Crippen LogP contribution is 2.39. The van der Waals surface area contributed by atoms with Crippen molar-refractivity contribution in [2.24, 2.45) is 10.9 Å². The van der Waals surface area contributed by atoms with E-state index in [0.29, 0.717) is 23.4 Å². The second-order valence-electron chi connectivity index (χ2n) is 7.97. The molecule has 8 nitrogen and oxygen atoms in total. The van der Waals surface area contributed by atoms with Gasteiger partial charge in [0.05, 0.1) is 12.3 Å². The molecular formula is C24H28N4O4. The van der Waals surface area contributed by atoms with Crippen LogP contribution in [0.2, 0.25) is 0 Å². The van der Waals surface area contributed by atoms with Crippen molar-refractivity contribution in [3.63, 3.8) is 0 Å². The van der Waals surface area contributed by atoms with Crippen LogP contribution in [0.15, 0.2) is 65.4 Å². The van der Waals surface area contributed by atoms with Crippen LogP contribution in [0.4, 0.5) is 5.69 Å². The predicted octanol–water partition coefficient (Wildman–Crippen LogP) is 2.67. The van der Waals surface area contributed by atoms with E-state index < -0.39 is 17.6 Å². The fourth-order valence-corrected chi connectivity index (χ4v) is 3.85. The van der Waals surface area contributed by atoms with Gasteiger partial charge in [-0.2, -0.15) is 0 Å². The number of nitrogens with two attached hydrogens (primary N) is 1. The van der Waals surface area contributed by atoms with Gasteiger partial charge >= 0.3 is 0 Å². The Bertz CT molecular complexity index is 1040. The maximum atomic E-state index is 12.7. The molecule has 2 atom stereocenters. The smallest absolute Gasteiger partial charge is 0.249 e. The molecule has 0 bridgehead atoms. The molecule has 1 aromatic carbocycles. The van der Waals surface area contributed by atoms with Crippen LogP contribution in [0.3, 0.4) is 0 Å². The number of carbonyl (C=O) groups is 3. The zero-order valence-corrected chi connectivity index (χ0v) is 18.5. The van der Waals surface area contributed by atoms with E-state index in [2.05, 4.69) is 10.5 Å². The first kappa shape index (κ1) is 23.0. The number of likely N-dealkylation sites (tertiary alicyclic amines) is 1. The molecule has 3 amide bonds. The summed E-state index contributed by atoms with van der Waals surface area (Å²) < 4.78 is 0. The number of oxime groups is 1. The van der Waals surface area contributed by atoms with Crippen LogP contribution in [-0.4, -0.2) is 46.5 Å². The zero-order chi connectivity index (χ0) is 23.3. The summed E-state index contributed by atoms with van der Waals surface area (Å²) in [6.07, 6.45) is 9.12. The van der Waals surface area contributed by atoms with Crippen molar-refractivity contribution >= 4 is 29.1 Å². The molecule has 1 spiro atoms. The second kappa shape index (κ2) is 9.64. The first-order valence-corrected chi connectivity index (χ1v) is 10.5. The Morgan fingerprint density at radius 1 is 1.28 bits per heavy atom. The summed E-state index contributed by atoms with van der Waals surface area (Å²) in [4.78, 5) is 44.1. The van der Waals surface area contributed by atoms with Gasteiger partial charge in [-0.3, -0.25) is 14.4 Å². The standard InChI is InChI=1S/C24H28N4O4/c1-4-6-7-11-21(29)26-18-10-8-9-17(12-18)19-13-24(32-27-19)14-20(22(25)30)28(15-24)23(31)16(3)5-2/h4-12,20H,13-15H2,1-3H3,(H2,25,30)(H,26,29)/b6-4+,11-7-,16-5+/t20-,24?/m0/s1. The molecule has 0 aromatic heterocycles. The number of rotatable bonds is 6. The van der Waals surface area contributed by atoms with E-state index in [9.17, 15) is 14.4 Å². The number of amides is 3. The van der Waals surface area contributed by atoms with Crippen LogP contribution in [-0.2, 0) is 19.2 Å². The Hall–Kier alpha value is -3.68. The monoisotopic (exact) mass is 436 g/mol. The van der Waals surface area contributed by atoms with Gasteiger partial charge in [-0.1, -0.05) is 41.6 Å². The molecule has 3 N–H and O–H groups in total. The lowest BCUT2D eigenvalue weighted by Crippen LogP contribution is -2.44. The molecular weight excluding hydrogens is 408 g/mol. The number of benzene rings is 1. The average molecular weight is 437 g/mol. The lowest BCUT2D eigenvalue weighted by molar-refractivity contribution is -0.134. The zero-order valence-electron chi connectivity index (χ0n) is 18.5.